The van der Waals surface area contributed by atoms with Crippen LogP contribution in [0.4, 0.5) is 23.3 Å². The van der Waals surface area contributed by atoms with Crippen molar-refractivity contribution in [1.29, 1.82) is 0 Å². The van der Waals surface area contributed by atoms with Gasteiger partial charge in [-0.3, -0.25) is 5.10 Å². The lowest BCUT2D eigenvalue weighted by Gasteiger charge is -2.15. The van der Waals surface area contributed by atoms with Gasteiger partial charge in [0.2, 0.25) is 11.7 Å². The van der Waals surface area contributed by atoms with E-state index in [0.29, 0.717) is 40.5 Å². The summed E-state index contributed by atoms with van der Waals surface area (Å²) in [6.07, 6.45) is 1.66. The van der Waals surface area contributed by atoms with Crippen LogP contribution in [0.25, 0.3) is 0 Å². The predicted octanol–water partition coefficient (Wildman–Crippen LogP) is 4.01. The van der Waals surface area contributed by atoms with Crippen molar-refractivity contribution >= 4 is 23.3 Å². The Balaban J connectivity index is 1.81. The molecule has 3 N–H and O–H groups in total. The number of aromatic amines is 1. The summed E-state index contributed by atoms with van der Waals surface area (Å²) in [6.45, 7) is 6.36. The van der Waals surface area contributed by atoms with Crippen LogP contribution in [0, 0.1) is 0 Å². The Labute approximate surface area is 169 Å². The van der Waals surface area contributed by atoms with Crippen molar-refractivity contribution in [3.8, 4) is 17.2 Å². The third-order valence-corrected chi connectivity index (χ3v) is 4.22. The number of nitrogens with one attached hydrogen (secondary N) is 3. The third kappa shape index (κ3) is 4.68. The van der Waals surface area contributed by atoms with E-state index in [1.165, 1.54) is 0 Å². The van der Waals surface area contributed by atoms with E-state index < -0.39 is 0 Å². The molecule has 3 aromatic rings. The Morgan fingerprint density at radius 1 is 0.897 bits per heavy atom. The predicted molar refractivity (Wildman–Crippen MR) is 112 cm³/mol. The molecule has 0 aliphatic heterocycles. The van der Waals surface area contributed by atoms with Crippen LogP contribution in [0.5, 0.6) is 17.2 Å². The molecule has 0 bridgehead atoms. The molecule has 1 aromatic carbocycles. The molecule has 0 amide bonds. The highest BCUT2D eigenvalue weighted by Gasteiger charge is 2.17. The average molecular weight is 398 g/mol. The molecule has 9 nitrogen and oxygen atoms in total. The molecular weight excluding hydrogens is 372 g/mol. The fourth-order valence-corrected chi connectivity index (χ4v) is 2.67. The maximum Gasteiger partial charge on any atom is 0.229 e. The monoisotopic (exact) mass is 398 g/mol. The van der Waals surface area contributed by atoms with Crippen LogP contribution in [0.15, 0.2) is 30.5 Å². The summed E-state index contributed by atoms with van der Waals surface area (Å²) in [6, 6.07) is 7.31. The van der Waals surface area contributed by atoms with Crippen molar-refractivity contribution < 1.29 is 14.2 Å². The highest BCUT2D eigenvalue weighted by molar-refractivity contribution is 5.66. The number of benzene rings is 1. The summed E-state index contributed by atoms with van der Waals surface area (Å²) in [5.41, 5.74) is 1.72. The summed E-state index contributed by atoms with van der Waals surface area (Å²) >= 11 is 0. The summed E-state index contributed by atoms with van der Waals surface area (Å²) in [5, 5.41) is 13.7. The highest BCUT2D eigenvalue weighted by atomic mass is 16.5. The van der Waals surface area contributed by atoms with Gasteiger partial charge in [0, 0.05) is 41.2 Å². The molecule has 0 radical (unpaired) electrons. The first kappa shape index (κ1) is 20.2. The smallest absolute Gasteiger partial charge is 0.229 e. The largest absolute Gasteiger partial charge is 0.493 e. The molecule has 0 saturated carbocycles. The number of H-pyrrole nitrogens is 1. The number of anilines is 4. The molecule has 154 valence electrons. The number of hydrogen-bond acceptors (Lipinski definition) is 8. The van der Waals surface area contributed by atoms with Crippen molar-refractivity contribution in [2.24, 2.45) is 0 Å². The first-order valence-electron chi connectivity index (χ1n) is 9.07. The Bertz CT molecular complexity index is 955. The first-order valence-corrected chi connectivity index (χ1v) is 9.07. The van der Waals surface area contributed by atoms with Gasteiger partial charge in [0.25, 0.3) is 0 Å². The number of aromatic nitrogens is 4. The molecule has 2 aromatic heterocycles. The van der Waals surface area contributed by atoms with E-state index in [0.717, 1.165) is 5.69 Å². The van der Waals surface area contributed by atoms with Crippen LogP contribution in [-0.4, -0.2) is 41.5 Å². The Morgan fingerprint density at radius 2 is 1.59 bits per heavy atom. The van der Waals surface area contributed by atoms with E-state index in [1.807, 2.05) is 6.07 Å². The van der Waals surface area contributed by atoms with E-state index in [4.69, 9.17) is 14.2 Å². The van der Waals surface area contributed by atoms with Crippen LogP contribution in [0.3, 0.4) is 0 Å². The molecule has 2 heterocycles. The maximum absolute atomic E-state index is 5.38. The molecule has 29 heavy (non-hydrogen) atoms. The molecule has 3 rings (SSSR count). The number of hydrogen-bond donors (Lipinski definition) is 3. The van der Waals surface area contributed by atoms with Gasteiger partial charge in [-0.25, -0.2) is 4.98 Å². The van der Waals surface area contributed by atoms with Crippen molar-refractivity contribution in [2.75, 3.05) is 32.0 Å². The molecule has 0 fully saturated rings. The second-order valence-electron chi connectivity index (χ2n) is 7.35. The van der Waals surface area contributed by atoms with Crippen LogP contribution < -0.4 is 24.8 Å². The van der Waals surface area contributed by atoms with Gasteiger partial charge in [-0.15, -0.1) is 0 Å². The molecule has 0 aliphatic carbocycles. The lowest BCUT2D eigenvalue weighted by Crippen LogP contribution is -2.11. The molecular formula is C20H26N6O3. The summed E-state index contributed by atoms with van der Waals surface area (Å²) in [5.74, 6) is 3.31. The minimum absolute atomic E-state index is 0.0161. The van der Waals surface area contributed by atoms with Crippen molar-refractivity contribution in [3.05, 3.63) is 36.2 Å². The number of methoxy groups -OCH3 is 3. The van der Waals surface area contributed by atoms with E-state index in [1.54, 1.807) is 45.7 Å². The zero-order valence-corrected chi connectivity index (χ0v) is 17.5. The minimum Gasteiger partial charge on any atom is -0.493 e. The Hall–Kier alpha value is -3.49. The van der Waals surface area contributed by atoms with Gasteiger partial charge in [0.15, 0.2) is 17.3 Å². The van der Waals surface area contributed by atoms with E-state index >= 15 is 0 Å². The van der Waals surface area contributed by atoms with E-state index in [2.05, 4.69) is 51.6 Å². The Kier molecular flexibility index (Phi) is 5.76. The lowest BCUT2D eigenvalue weighted by molar-refractivity contribution is 0.324. The molecule has 0 spiro atoms. The summed E-state index contributed by atoms with van der Waals surface area (Å²) < 4.78 is 16.1. The normalized spacial score (nSPS) is 11.1. The van der Waals surface area contributed by atoms with Gasteiger partial charge in [-0.05, 0) is 6.07 Å². The van der Waals surface area contributed by atoms with Gasteiger partial charge < -0.3 is 24.8 Å². The van der Waals surface area contributed by atoms with Gasteiger partial charge in [0.1, 0.15) is 5.82 Å². The lowest BCUT2D eigenvalue weighted by atomic mass is 9.92. The second-order valence-corrected chi connectivity index (χ2v) is 7.35. The topological polar surface area (TPSA) is 106 Å². The van der Waals surface area contributed by atoms with E-state index in [-0.39, 0.29) is 5.41 Å². The van der Waals surface area contributed by atoms with Gasteiger partial charge in [-0.2, -0.15) is 10.1 Å². The zero-order chi connectivity index (χ0) is 21.0. The zero-order valence-electron chi connectivity index (χ0n) is 17.5. The van der Waals surface area contributed by atoms with Gasteiger partial charge >= 0.3 is 0 Å². The van der Waals surface area contributed by atoms with E-state index in [9.17, 15) is 0 Å². The molecule has 0 atom stereocenters. The number of ether oxygens (including phenoxy) is 3. The molecule has 0 aliphatic rings. The van der Waals surface area contributed by atoms with Crippen molar-refractivity contribution in [1.82, 2.24) is 20.2 Å². The van der Waals surface area contributed by atoms with Crippen molar-refractivity contribution in [2.45, 2.75) is 26.2 Å². The van der Waals surface area contributed by atoms with Gasteiger partial charge in [-0.1, -0.05) is 20.8 Å². The second kappa shape index (κ2) is 8.26. The van der Waals surface area contributed by atoms with Crippen LogP contribution in [-0.2, 0) is 5.41 Å². The molecule has 0 unspecified atom stereocenters. The summed E-state index contributed by atoms with van der Waals surface area (Å²) in [7, 11) is 4.70. The quantitative estimate of drug-likeness (QED) is 0.548. The maximum atomic E-state index is 5.38. The third-order valence-electron chi connectivity index (χ3n) is 4.22. The van der Waals surface area contributed by atoms with Gasteiger partial charge in [0.05, 0.1) is 21.3 Å². The fraction of sp³-hybridized carbons (Fsp3) is 0.350. The van der Waals surface area contributed by atoms with Crippen molar-refractivity contribution in [3.63, 3.8) is 0 Å². The standard InChI is InChI=1S/C20H26N6O3/c1-20(2,3)15-11-17(26-25-15)23-16-7-8-21-19(24-16)22-12-9-13(27-4)18(29-6)14(10-12)28-5/h7-11H,1-6H3,(H3,21,22,23,24,25,26). The minimum atomic E-state index is -0.0161. The fourth-order valence-electron chi connectivity index (χ4n) is 2.67. The Morgan fingerprint density at radius 3 is 2.14 bits per heavy atom. The highest BCUT2D eigenvalue weighted by Crippen LogP contribution is 2.40. The van der Waals surface area contributed by atoms with Crippen LogP contribution in [0.1, 0.15) is 26.5 Å². The van der Waals surface area contributed by atoms with Crippen LogP contribution >= 0.6 is 0 Å². The molecule has 0 saturated heterocycles. The number of rotatable bonds is 7. The first-order chi connectivity index (χ1) is 13.8. The molecule has 9 heteroatoms. The number of nitrogens with zero attached hydrogens (tertiary/aromatic N) is 3. The average Bonchev–Trinajstić information content (AvgIpc) is 3.16. The van der Waals surface area contributed by atoms with Crippen LogP contribution in [0.2, 0.25) is 0 Å². The SMILES string of the molecule is COc1cc(Nc2nccc(Nc3cc(C(C)(C)C)[nH]n3)n2)cc(OC)c1OC. The summed E-state index contributed by atoms with van der Waals surface area (Å²) in [4.78, 5) is 8.76.